The Hall–Kier alpha value is -1.58. The van der Waals surface area contributed by atoms with Gasteiger partial charge in [-0.15, -0.1) is 0 Å². The minimum absolute atomic E-state index is 0.0172. The van der Waals surface area contributed by atoms with Gasteiger partial charge in [-0.3, -0.25) is 9.59 Å². The van der Waals surface area contributed by atoms with Crippen LogP contribution in [0.3, 0.4) is 0 Å². The first-order valence-electron chi connectivity index (χ1n) is 3.32. The van der Waals surface area contributed by atoms with Crippen molar-refractivity contribution in [2.24, 2.45) is 5.92 Å². The minimum Gasteiger partial charge on any atom is -0.481 e. The first-order chi connectivity index (χ1) is 5.59. The van der Waals surface area contributed by atoms with Crippen LogP contribution < -0.4 is 0 Å². The predicted molar refractivity (Wildman–Crippen MR) is 42.7 cm³/mol. The molecule has 0 unspecified atom stereocenters. The van der Waals surface area contributed by atoms with Gasteiger partial charge in [0, 0.05) is 0 Å². The zero-order valence-corrected chi connectivity index (χ0v) is 6.43. The summed E-state index contributed by atoms with van der Waals surface area (Å²) in [6.45, 7) is 3.37. The van der Waals surface area contributed by atoms with E-state index in [2.05, 4.69) is 6.58 Å². The molecular formula is C8H10O4. The zero-order chi connectivity index (χ0) is 9.56. The highest BCUT2D eigenvalue weighted by atomic mass is 16.4. The van der Waals surface area contributed by atoms with E-state index < -0.39 is 17.9 Å². The molecule has 0 aromatic rings. The lowest BCUT2D eigenvalue weighted by atomic mass is 10.1. The lowest BCUT2D eigenvalue weighted by molar-refractivity contribution is -0.154. The van der Waals surface area contributed by atoms with Crippen molar-refractivity contribution in [3.8, 4) is 0 Å². The van der Waals surface area contributed by atoms with E-state index in [1.807, 2.05) is 0 Å². The zero-order valence-electron chi connectivity index (χ0n) is 6.43. The van der Waals surface area contributed by atoms with Crippen LogP contribution in [0.4, 0.5) is 0 Å². The summed E-state index contributed by atoms with van der Waals surface area (Å²) in [6, 6.07) is 0. The Bertz CT molecular complexity index is 203. The normalized spacial score (nSPS) is 10.4. The molecule has 4 nitrogen and oxygen atoms in total. The lowest BCUT2D eigenvalue weighted by Gasteiger charge is -2.01. The van der Waals surface area contributed by atoms with Gasteiger partial charge in [0.25, 0.3) is 0 Å². The van der Waals surface area contributed by atoms with Gasteiger partial charge in [-0.2, -0.15) is 0 Å². The molecule has 0 amide bonds. The number of hydrogen-bond acceptors (Lipinski definition) is 2. The molecule has 66 valence electrons. The predicted octanol–water partition coefficient (Wildman–Crippen LogP) is 0.904. The summed E-state index contributed by atoms with van der Waals surface area (Å²) in [7, 11) is 0. The number of aliphatic carboxylic acids is 2. The molecule has 0 saturated carbocycles. The van der Waals surface area contributed by atoms with Gasteiger partial charge in [0.1, 0.15) is 0 Å². The molecule has 0 aliphatic rings. The Morgan fingerprint density at radius 2 is 1.83 bits per heavy atom. The fourth-order valence-corrected chi connectivity index (χ4v) is 0.618. The van der Waals surface area contributed by atoms with E-state index in [9.17, 15) is 9.59 Å². The number of carboxylic acids is 2. The van der Waals surface area contributed by atoms with E-state index >= 15 is 0 Å². The monoisotopic (exact) mass is 170 g/mol. The molecule has 0 heterocycles. The molecule has 0 radical (unpaired) electrons. The molecule has 0 bridgehead atoms. The van der Waals surface area contributed by atoms with Gasteiger partial charge < -0.3 is 10.2 Å². The Kier molecular flexibility index (Phi) is 4.45. The first kappa shape index (κ1) is 10.4. The maximum absolute atomic E-state index is 10.3. The van der Waals surface area contributed by atoms with Crippen molar-refractivity contribution >= 4 is 11.9 Å². The third-order valence-corrected chi connectivity index (χ3v) is 1.24. The lowest BCUT2D eigenvalue weighted by Crippen LogP contribution is -2.22. The van der Waals surface area contributed by atoms with Gasteiger partial charge >= 0.3 is 11.9 Å². The maximum Gasteiger partial charge on any atom is 0.318 e. The highest BCUT2D eigenvalue weighted by Gasteiger charge is 2.23. The van der Waals surface area contributed by atoms with E-state index in [1.54, 1.807) is 0 Å². The van der Waals surface area contributed by atoms with E-state index in [-0.39, 0.29) is 6.42 Å². The highest BCUT2D eigenvalue weighted by Crippen LogP contribution is 2.04. The van der Waals surface area contributed by atoms with Crippen molar-refractivity contribution < 1.29 is 19.8 Å². The third kappa shape index (κ3) is 3.55. The summed E-state index contributed by atoms with van der Waals surface area (Å²) in [4.78, 5) is 20.6. The van der Waals surface area contributed by atoms with Crippen LogP contribution in [-0.2, 0) is 9.59 Å². The molecule has 0 aliphatic heterocycles. The summed E-state index contributed by atoms with van der Waals surface area (Å²) < 4.78 is 0. The Morgan fingerprint density at radius 3 is 2.17 bits per heavy atom. The van der Waals surface area contributed by atoms with Crippen LogP contribution in [0.5, 0.6) is 0 Å². The Balaban J connectivity index is 4.14. The van der Waals surface area contributed by atoms with Crippen molar-refractivity contribution in [3.63, 3.8) is 0 Å². The van der Waals surface area contributed by atoms with Crippen molar-refractivity contribution in [1.29, 1.82) is 0 Å². The number of rotatable bonds is 5. The van der Waals surface area contributed by atoms with E-state index in [0.717, 1.165) is 0 Å². The Labute approximate surface area is 69.8 Å². The standard InChI is InChI=1S/C8H10O4/c1-2-3-4-5-6(7(9)10)8(11)12/h2-4,6H,1,5H2,(H,9,10)(H,11,12). The Morgan fingerprint density at radius 1 is 1.33 bits per heavy atom. The van der Waals surface area contributed by atoms with Gasteiger partial charge in [-0.25, -0.2) is 0 Å². The number of carbonyl (C=O) groups is 2. The van der Waals surface area contributed by atoms with Crippen LogP contribution in [0.2, 0.25) is 0 Å². The summed E-state index contributed by atoms with van der Waals surface area (Å²) in [5, 5.41) is 16.8. The first-order valence-corrected chi connectivity index (χ1v) is 3.32. The van der Waals surface area contributed by atoms with Crippen LogP contribution in [0.1, 0.15) is 6.42 Å². The number of carboxylic acid groups (broad SMARTS) is 2. The van der Waals surface area contributed by atoms with E-state index in [1.165, 1.54) is 18.2 Å². The molecular weight excluding hydrogens is 160 g/mol. The second kappa shape index (κ2) is 5.12. The van der Waals surface area contributed by atoms with Gasteiger partial charge in [0.05, 0.1) is 0 Å². The van der Waals surface area contributed by atoms with Crippen molar-refractivity contribution in [1.82, 2.24) is 0 Å². The fraction of sp³-hybridized carbons (Fsp3) is 0.250. The molecule has 2 N–H and O–H groups in total. The van der Waals surface area contributed by atoms with Crippen LogP contribution in [0.25, 0.3) is 0 Å². The van der Waals surface area contributed by atoms with Gasteiger partial charge in [-0.1, -0.05) is 24.8 Å². The van der Waals surface area contributed by atoms with Crippen LogP contribution in [0, 0.1) is 5.92 Å². The molecule has 12 heavy (non-hydrogen) atoms. The second-order valence-corrected chi connectivity index (χ2v) is 2.13. The summed E-state index contributed by atoms with van der Waals surface area (Å²) in [6.07, 6.45) is 4.41. The second-order valence-electron chi connectivity index (χ2n) is 2.13. The summed E-state index contributed by atoms with van der Waals surface area (Å²) >= 11 is 0. The van der Waals surface area contributed by atoms with Crippen molar-refractivity contribution in [3.05, 3.63) is 24.8 Å². The van der Waals surface area contributed by atoms with Crippen molar-refractivity contribution in [2.45, 2.75) is 6.42 Å². The van der Waals surface area contributed by atoms with Crippen LogP contribution in [-0.4, -0.2) is 22.2 Å². The average molecular weight is 170 g/mol. The van der Waals surface area contributed by atoms with Gasteiger partial charge in [0.15, 0.2) is 5.92 Å². The largest absolute Gasteiger partial charge is 0.481 e. The number of allylic oxidation sites excluding steroid dienone is 3. The highest BCUT2D eigenvalue weighted by molar-refractivity contribution is 5.92. The molecule has 4 heteroatoms. The van der Waals surface area contributed by atoms with Crippen molar-refractivity contribution in [2.75, 3.05) is 0 Å². The minimum atomic E-state index is -1.36. The molecule has 0 aromatic heterocycles. The molecule has 0 saturated heterocycles. The van der Waals surface area contributed by atoms with Gasteiger partial charge in [0.2, 0.25) is 0 Å². The van der Waals surface area contributed by atoms with Gasteiger partial charge in [-0.05, 0) is 6.42 Å². The molecule has 0 atom stereocenters. The topological polar surface area (TPSA) is 74.6 Å². The average Bonchev–Trinajstić information content (AvgIpc) is 1.96. The molecule has 0 spiro atoms. The third-order valence-electron chi connectivity index (χ3n) is 1.24. The van der Waals surface area contributed by atoms with Crippen LogP contribution >= 0.6 is 0 Å². The summed E-state index contributed by atoms with van der Waals surface area (Å²) in [5.41, 5.74) is 0. The van der Waals surface area contributed by atoms with Crippen LogP contribution in [0.15, 0.2) is 24.8 Å². The molecule has 0 aromatic carbocycles. The fourth-order valence-electron chi connectivity index (χ4n) is 0.618. The number of hydrogen-bond donors (Lipinski definition) is 2. The quantitative estimate of drug-likeness (QED) is 0.475. The maximum atomic E-state index is 10.3. The smallest absolute Gasteiger partial charge is 0.318 e. The molecule has 0 aliphatic carbocycles. The van der Waals surface area contributed by atoms with E-state index in [4.69, 9.17) is 10.2 Å². The van der Waals surface area contributed by atoms with E-state index in [0.29, 0.717) is 0 Å². The molecule has 0 rings (SSSR count). The summed E-state index contributed by atoms with van der Waals surface area (Å²) in [5.74, 6) is -4.01. The SMILES string of the molecule is C=CC=CCC(C(=O)O)C(=O)O. The molecule has 0 fully saturated rings.